The summed E-state index contributed by atoms with van der Waals surface area (Å²) in [6.45, 7) is 2.21. The molecule has 27 heavy (non-hydrogen) atoms. The number of furan rings is 1. The van der Waals surface area contributed by atoms with E-state index in [2.05, 4.69) is 11.0 Å². The Morgan fingerprint density at radius 1 is 1.26 bits per heavy atom. The molecule has 1 atom stereocenters. The molecule has 1 saturated heterocycles. The third-order valence-electron chi connectivity index (χ3n) is 5.82. The fourth-order valence-electron chi connectivity index (χ4n) is 4.44. The number of nitrogens with two attached hydrogens (primary N) is 1. The minimum absolute atomic E-state index is 0.0892. The number of nitrogen functional groups attached to an aromatic ring is 1. The second-order valence-corrected chi connectivity index (χ2v) is 8.52. The lowest BCUT2D eigenvalue weighted by molar-refractivity contribution is 0.101. The smallest absolute Gasteiger partial charge is 0.228 e. The summed E-state index contributed by atoms with van der Waals surface area (Å²) in [7, 11) is 0. The van der Waals surface area contributed by atoms with Gasteiger partial charge in [0.25, 0.3) is 0 Å². The van der Waals surface area contributed by atoms with Gasteiger partial charge in [-0.05, 0) is 61.7 Å². The van der Waals surface area contributed by atoms with Crippen LogP contribution in [0, 0.1) is 0 Å². The van der Waals surface area contributed by atoms with Crippen LogP contribution in [0.3, 0.4) is 0 Å². The van der Waals surface area contributed by atoms with Crippen molar-refractivity contribution < 1.29 is 9.21 Å². The summed E-state index contributed by atoms with van der Waals surface area (Å²) in [5.74, 6) is 0.280. The zero-order valence-electron chi connectivity index (χ0n) is 15.1. The van der Waals surface area contributed by atoms with E-state index in [0.717, 1.165) is 33.6 Å². The van der Waals surface area contributed by atoms with Crippen molar-refractivity contribution in [3.8, 4) is 0 Å². The highest BCUT2D eigenvalue weighted by molar-refractivity contribution is 7.23. The van der Waals surface area contributed by atoms with Gasteiger partial charge in [0.15, 0.2) is 5.76 Å². The Morgan fingerprint density at radius 3 is 3.04 bits per heavy atom. The van der Waals surface area contributed by atoms with Gasteiger partial charge in [-0.3, -0.25) is 9.69 Å². The zero-order chi connectivity index (χ0) is 18.4. The summed E-state index contributed by atoms with van der Waals surface area (Å²) in [4.78, 5) is 15.3. The van der Waals surface area contributed by atoms with Crippen molar-refractivity contribution in [3.05, 3.63) is 59.6 Å². The van der Waals surface area contributed by atoms with Crippen LogP contribution in [-0.2, 0) is 0 Å². The van der Waals surface area contributed by atoms with Gasteiger partial charge >= 0.3 is 0 Å². The predicted octanol–water partition coefficient (Wildman–Crippen LogP) is 4.95. The largest absolute Gasteiger partial charge is 0.461 e. The molecule has 1 unspecified atom stereocenters. The first-order valence-corrected chi connectivity index (χ1v) is 10.4. The molecule has 5 heteroatoms. The number of carbonyl (C=O) groups is 1. The van der Waals surface area contributed by atoms with Crippen molar-refractivity contribution in [1.29, 1.82) is 0 Å². The average molecular weight is 378 g/mol. The molecule has 0 saturated carbocycles. The topological polar surface area (TPSA) is 59.5 Å². The standard InChI is InChI=1S/C22H22N2O2S/c23-22-20(14-8-10-24-9-2-1-4-16(24)12-14)17-13-15(6-7-19(17)27-22)21(25)18-5-3-11-26-18/h3,5-8,11,13,16H,1-2,4,9-10,12,23H2. The number of fused-ring (bicyclic) bond motifs is 2. The van der Waals surface area contributed by atoms with Gasteiger partial charge in [0.2, 0.25) is 5.78 Å². The number of hydrogen-bond acceptors (Lipinski definition) is 5. The van der Waals surface area contributed by atoms with Crippen LogP contribution < -0.4 is 5.73 Å². The Hall–Kier alpha value is -2.37. The van der Waals surface area contributed by atoms with Gasteiger partial charge in [0, 0.05) is 33.8 Å². The van der Waals surface area contributed by atoms with E-state index in [0.29, 0.717) is 17.4 Å². The average Bonchev–Trinajstić information content (AvgIpc) is 3.34. The molecule has 0 amide bonds. The number of hydrogen-bond donors (Lipinski definition) is 1. The molecule has 5 rings (SSSR count). The van der Waals surface area contributed by atoms with Crippen LogP contribution in [-0.4, -0.2) is 29.8 Å². The maximum absolute atomic E-state index is 12.7. The third kappa shape index (κ3) is 2.91. The fourth-order valence-corrected chi connectivity index (χ4v) is 5.43. The molecule has 0 radical (unpaired) electrons. The molecule has 2 N–H and O–H groups in total. The number of nitrogens with zero attached hydrogens (tertiary/aromatic N) is 1. The lowest BCUT2D eigenvalue weighted by Gasteiger charge is -2.38. The van der Waals surface area contributed by atoms with Crippen LogP contribution in [0.5, 0.6) is 0 Å². The number of carbonyl (C=O) groups excluding carboxylic acids is 1. The summed E-state index contributed by atoms with van der Waals surface area (Å²) >= 11 is 1.61. The Bertz CT molecular complexity index is 1030. The number of ketones is 1. The molecule has 138 valence electrons. The summed E-state index contributed by atoms with van der Waals surface area (Å²) in [6.07, 6.45) is 8.80. The second-order valence-electron chi connectivity index (χ2n) is 7.44. The van der Waals surface area contributed by atoms with E-state index >= 15 is 0 Å². The maximum Gasteiger partial charge on any atom is 0.228 e. The lowest BCUT2D eigenvalue weighted by Crippen LogP contribution is -2.41. The molecule has 1 fully saturated rings. The first-order chi connectivity index (χ1) is 13.2. The van der Waals surface area contributed by atoms with Crippen LogP contribution in [0.1, 0.15) is 47.4 Å². The van der Waals surface area contributed by atoms with Crippen LogP contribution in [0.25, 0.3) is 15.7 Å². The highest BCUT2D eigenvalue weighted by atomic mass is 32.1. The zero-order valence-corrected chi connectivity index (χ0v) is 15.9. The van der Waals surface area contributed by atoms with Crippen LogP contribution in [0.15, 0.2) is 47.1 Å². The number of thiophene rings is 1. The van der Waals surface area contributed by atoms with E-state index in [-0.39, 0.29) is 5.78 Å². The summed E-state index contributed by atoms with van der Waals surface area (Å²) < 4.78 is 6.41. The highest BCUT2D eigenvalue weighted by Gasteiger charge is 2.28. The van der Waals surface area contributed by atoms with Crippen molar-refractivity contribution in [1.82, 2.24) is 4.90 Å². The summed E-state index contributed by atoms with van der Waals surface area (Å²) in [5, 5.41) is 1.94. The third-order valence-corrected chi connectivity index (χ3v) is 6.82. The second kappa shape index (κ2) is 6.66. The molecular weight excluding hydrogens is 356 g/mol. The molecule has 2 aliphatic rings. The van der Waals surface area contributed by atoms with Crippen LogP contribution in [0.4, 0.5) is 5.00 Å². The Kier molecular flexibility index (Phi) is 4.14. The molecule has 2 aliphatic heterocycles. The summed E-state index contributed by atoms with van der Waals surface area (Å²) in [5.41, 5.74) is 9.55. The highest BCUT2D eigenvalue weighted by Crippen LogP contribution is 2.42. The Labute approximate surface area is 162 Å². The SMILES string of the molecule is Nc1sc2ccc(C(=O)c3ccco3)cc2c1C1=CCN2CCCCC2C1. The van der Waals surface area contributed by atoms with Gasteiger partial charge in [-0.15, -0.1) is 11.3 Å². The molecule has 0 aliphatic carbocycles. The Morgan fingerprint density at radius 2 is 2.19 bits per heavy atom. The van der Waals surface area contributed by atoms with E-state index < -0.39 is 0 Å². The normalized spacial score (nSPS) is 20.4. The van der Waals surface area contributed by atoms with Gasteiger partial charge in [-0.2, -0.15) is 0 Å². The van der Waals surface area contributed by atoms with E-state index in [1.54, 1.807) is 23.5 Å². The van der Waals surface area contributed by atoms with Crippen molar-refractivity contribution in [2.45, 2.75) is 31.7 Å². The number of benzene rings is 1. The van der Waals surface area contributed by atoms with Crippen molar-refractivity contribution in [3.63, 3.8) is 0 Å². The monoisotopic (exact) mass is 378 g/mol. The van der Waals surface area contributed by atoms with Crippen LogP contribution >= 0.6 is 11.3 Å². The lowest BCUT2D eigenvalue weighted by atomic mass is 9.88. The van der Waals surface area contributed by atoms with Gasteiger partial charge in [0.05, 0.1) is 11.3 Å². The van der Waals surface area contributed by atoms with Gasteiger partial charge in [0.1, 0.15) is 0 Å². The van der Waals surface area contributed by atoms with E-state index in [1.165, 1.54) is 37.6 Å². The molecule has 2 aromatic heterocycles. The van der Waals surface area contributed by atoms with E-state index in [1.807, 2.05) is 18.2 Å². The first kappa shape index (κ1) is 16.8. The molecule has 0 spiro atoms. The molecule has 1 aromatic carbocycles. The summed E-state index contributed by atoms with van der Waals surface area (Å²) in [6, 6.07) is 9.92. The molecule has 3 aromatic rings. The van der Waals surface area contributed by atoms with Gasteiger partial charge in [-0.1, -0.05) is 12.5 Å². The van der Waals surface area contributed by atoms with Crippen LogP contribution in [0.2, 0.25) is 0 Å². The van der Waals surface area contributed by atoms with E-state index in [4.69, 9.17) is 10.2 Å². The maximum atomic E-state index is 12.7. The minimum Gasteiger partial charge on any atom is -0.461 e. The van der Waals surface area contributed by atoms with Crippen molar-refractivity contribution in [2.75, 3.05) is 18.8 Å². The Balaban J connectivity index is 1.56. The number of anilines is 1. The predicted molar refractivity (Wildman–Crippen MR) is 110 cm³/mol. The van der Waals surface area contributed by atoms with Gasteiger partial charge in [-0.25, -0.2) is 0 Å². The fraction of sp³-hybridized carbons (Fsp3) is 0.318. The van der Waals surface area contributed by atoms with E-state index in [9.17, 15) is 4.79 Å². The minimum atomic E-state index is -0.0892. The molecule has 0 bridgehead atoms. The first-order valence-electron chi connectivity index (χ1n) is 9.54. The molecule has 4 heterocycles. The van der Waals surface area contributed by atoms with Crippen molar-refractivity contribution in [2.24, 2.45) is 0 Å². The number of piperidine rings is 1. The quantitative estimate of drug-likeness (QED) is 0.655. The van der Waals surface area contributed by atoms with Crippen molar-refractivity contribution >= 4 is 37.8 Å². The molecular formula is C22H22N2O2S. The van der Waals surface area contributed by atoms with Gasteiger partial charge < -0.3 is 10.2 Å². The molecule has 4 nitrogen and oxygen atoms in total. The number of rotatable bonds is 3.